The summed E-state index contributed by atoms with van der Waals surface area (Å²) in [7, 11) is 0. The second-order valence-corrected chi connectivity index (χ2v) is 4.63. The molecule has 0 saturated heterocycles. The Morgan fingerprint density at radius 1 is 1.14 bits per heavy atom. The molecule has 0 aliphatic heterocycles. The van der Waals surface area contributed by atoms with E-state index in [0.717, 1.165) is 11.1 Å². The molecule has 0 aromatic heterocycles. The zero-order valence-electron chi connectivity index (χ0n) is 11.6. The highest BCUT2D eigenvalue weighted by atomic mass is 16.5. The molecule has 0 radical (unpaired) electrons. The largest absolute Gasteiger partial charge is 0.457 e. The maximum atomic E-state index is 12.0. The topological polar surface area (TPSA) is 81.4 Å². The second kappa shape index (κ2) is 6.56. The van der Waals surface area contributed by atoms with Gasteiger partial charge < -0.3 is 15.8 Å². The van der Waals surface area contributed by atoms with E-state index in [1.54, 1.807) is 18.2 Å². The van der Waals surface area contributed by atoms with E-state index < -0.39 is 12.0 Å². The lowest BCUT2D eigenvalue weighted by Crippen LogP contribution is -2.19. The number of nitrogens with two attached hydrogens (primary N) is 1. The minimum atomic E-state index is -0.680. The van der Waals surface area contributed by atoms with Crippen LogP contribution in [0.2, 0.25) is 0 Å². The number of amides is 2. The van der Waals surface area contributed by atoms with Gasteiger partial charge in [-0.2, -0.15) is 0 Å². The van der Waals surface area contributed by atoms with Gasteiger partial charge in [0, 0.05) is 5.69 Å². The zero-order valence-corrected chi connectivity index (χ0v) is 11.6. The fourth-order valence-corrected chi connectivity index (χ4v) is 1.78. The van der Waals surface area contributed by atoms with Crippen molar-refractivity contribution >= 4 is 17.7 Å². The van der Waals surface area contributed by atoms with E-state index in [0.29, 0.717) is 11.3 Å². The van der Waals surface area contributed by atoms with Crippen molar-refractivity contribution < 1.29 is 14.3 Å². The number of hydrogen-bond acceptors (Lipinski definition) is 3. The van der Waals surface area contributed by atoms with E-state index in [1.807, 2.05) is 31.2 Å². The molecule has 2 amide bonds. The third-order valence-corrected chi connectivity index (χ3v) is 2.86. The summed E-state index contributed by atoms with van der Waals surface area (Å²) in [5.74, 6) is -0.455. The summed E-state index contributed by atoms with van der Waals surface area (Å²) >= 11 is 0. The minimum Gasteiger partial charge on any atom is -0.457 e. The number of aryl methyl sites for hydroxylation is 1. The normalized spacial score (nSPS) is 9.95. The molecule has 21 heavy (non-hydrogen) atoms. The molecular formula is C16H16N2O3. The lowest BCUT2D eigenvalue weighted by atomic mass is 10.1. The molecule has 0 aliphatic rings. The number of carbonyl (C=O) groups excluding carboxylic acids is 2. The first-order valence-electron chi connectivity index (χ1n) is 6.44. The lowest BCUT2D eigenvalue weighted by Gasteiger charge is -2.07. The maximum absolute atomic E-state index is 12.0. The van der Waals surface area contributed by atoms with Gasteiger partial charge in [0.25, 0.3) is 0 Å². The van der Waals surface area contributed by atoms with Crippen LogP contribution in [-0.4, -0.2) is 12.0 Å². The number of nitrogens with one attached hydrogen (secondary N) is 1. The Hall–Kier alpha value is -2.82. The van der Waals surface area contributed by atoms with Gasteiger partial charge in [-0.1, -0.05) is 35.9 Å². The predicted molar refractivity (Wildman–Crippen MR) is 79.9 cm³/mol. The molecule has 0 saturated carbocycles. The van der Waals surface area contributed by atoms with Crippen LogP contribution in [0, 0.1) is 6.92 Å². The third kappa shape index (κ3) is 4.35. The van der Waals surface area contributed by atoms with Crippen molar-refractivity contribution in [3.05, 3.63) is 65.2 Å². The van der Waals surface area contributed by atoms with Crippen LogP contribution >= 0.6 is 0 Å². The van der Waals surface area contributed by atoms with E-state index >= 15 is 0 Å². The van der Waals surface area contributed by atoms with Crippen molar-refractivity contribution in [3.63, 3.8) is 0 Å². The standard InChI is InChI=1S/C16H16N2O3/c1-11-5-7-12(8-6-11)10-21-15(19)13-3-2-4-14(9-13)18-16(17)20/h2-9H,10H2,1H3,(H3,17,18,20). The molecule has 0 heterocycles. The van der Waals surface area contributed by atoms with Gasteiger partial charge >= 0.3 is 12.0 Å². The number of rotatable bonds is 4. The summed E-state index contributed by atoms with van der Waals surface area (Å²) in [6.07, 6.45) is 0. The van der Waals surface area contributed by atoms with Crippen LogP contribution in [0.4, 0.5) is 10.5 Å². The van der Waals surface area contributed by atoms with Gasteiger partial charge in [-0.25, -0.2) is 9.59 Å². The Morgan fingerprint density at radius 2 is 1.86 bits per heavy atom. The summed E-state index contributed by atoms with van der Waals surface area (Å²) in [6, 6.07) is 13.5. The van der Waals surface area contributed by atoms with Crippen molar-refractivity contribution in [1.82, 2.24) is 0 Å². The van der Waals surface area contributed by atoms with Crippen molar-refractivity contribution in [2.75, 3.05) is 5.32 Å². The SMILES string of the molecule is Cc1ccc(COC(=O)c2cccc(NC(N)=O)c2)cc1. The fraction of sp³-hybridized carbons (Fsp3) is 0.125. The Kier molecular flexibility index (Phi) is 4.56. The first-order valence-corrected chi connectivity index (χ1v) is 6.44. The first kappa shape index (κ1) is 14.6. The number of primary amides is 1. The molecular weight excluding hydrogens is 268 g/mol. The van der Waals surface area contributed by atoms with E-state index in [9.17, 15) is 9.59 Å². The lowest BCUT2D eigenvalue weighted by molar-refractivity contribution is 0.0472. The minimum absolute atomic E-state index is 0.201. The molecule has 0 fully saturated rings. The van der Waals surface area contributed by atoms with Crippen LogP contribution in [0.25, 0.3) is 0 Å². The Labute approximate surface area is 122 Å². The van der Waals surface area contributed by atoms with Gasteiger partial charge in [-0.15, -0.1) is 0 Å². The molecule has 2 rings (SSSR count). The molecule has 2 aromatic carbocycles. The molecule has 0 spiro atoms. The Morgan fingerprint density at radius 3 is 2.52 bits per heavy atom. The molecule has 0 aliphatic carbocycles. The van der Waals surface area contributed by atoms with Crippen molar-refractivity contribution in [2.45, 2.75) is 13.5 Å². The molecule has 3 N–H and O–H groups in total. The highest BCUT2D eigenvalue weighted by molar-refractivity contribution is 5.93. The van der Waals surface area contributed by atoms with Crippen molar-refractivity contribution in [3.8, 4) is 0 Å². The van der Waals surface area contributed by atoms with Crippen LogP contribution in [0.1, 0.15) is 21.5 Å². The molecule has 2 aromatic rings. The number of ether oxygens (including phenoxy) is 1. The van der Waals surface area contributed by atoms with Crippen LogP contribution < -0.4 is 11.1 Å². The van der Waals surface area contributed by atoms with Crippen LogP contribution in [0.15, 0.2) is 48.5 Å². The molecule has 108 valence electrons. The van der Waals surface area contributed by atoms with Gasteiger partial charge in [0.2, 0.25) is 0 Å². The Balaban J connectivity index is 1.99. The highest BCUT2D eigenvalue weighted by Crippen LogP contribution is 2.13. The molecule has 0 unspecified atom stereocenters. The average molecular weight is 284 g/mol. The highest BCUT2D eigenvalue weighted by Gasteiger charge is 2.08. The number of urea groups is 1. The summed E-state index contributed by atoms with van der Waals surface area (Å²) in [5, 5.41) is 2.41. The molecule has 0 atom stereocenters. The zero-order chi connectivity index (χ0) is 15.2. The Bertz CT molecular complexity index is 651. The van der Waals surface area contributed by atoms with Gasteiger partial charge in [0.05, 0.1) is 5.56 Å². The number of carbonyl (C=O) groups is 2. The molecule has 5 nitrogen and oxygen atoms in total. The van der Waals surface area contributed by atoms with Gasteiger partial charge in [-0.3, -0.25) is 0 Å². The van der Waals surface area contributed by atoms with E-state index in [2.05, 4.69) is 5.32 Å². The maximum Gasteiger partial charge on any atom is 0.338 e. The first-order chi connectivity index (χ1) is 10.0. The quantitative estimate of drug-likeness (QED) is 0.847. The van der Waals surface area contributed by atoms with Gasteiger partial charge in [0.1, 0.15) is 6.61 Å². The van der Waals surface area contributed by atoms with Gasteiger partial charge in [-0.05, 0) is 30.7 Å². The van der Waals surface area contributed by atoms with Crippen LogP contribution in [0.5, 0.6) is 0 Å². The predicted octanol–water partition coefficient (Wildman–Crippen LogP) is 2.84. The monoisotopic (exact) mass is 284 g/mol. The number of benzene rings is 2. The summed E-state index contributed by atoms with van der Waals surface area (Å²) in [5.41, 5.74) is 7.90. The third-order valence-electron chi connectivity index (χ3n) is 2.86. The molecule has 5 heteroatoms. The fourth-order valence-electron chi connectivity index (χ4n) is 1.78. The van der Waals surface area contributed by atoms with Crippen LogP contribution in [-0.2, 0) is 11.3 Å². The van der Waals surface area contributed by atoms with Gasteiger partial charge in [0.15, 0.2) is 0 Å². The van der Waals surface area contributed by atoms with Crippen LogP contribution in [0.3, 0.4) is 0 Å². The van der Waals surface area contributed by atoms with Crippen molar-refractivity contribution in [1.29, 1.82) is 0 Å². The van der Waals surface area contributed by atoms with E-state index in [-0.39, 0.29) is 6.61 Å². The summed E-state index contributed by atoms with van der Waals surface area (Å²) < 4.78 is 5.23. The molecule has 0 bridgehead atoms. The summed E-state index contributed by atoms with van der Waals surface area (Å²) in [4.78, 5) is 22.7. The van der Waals surface area contributed by atoms with Crippen molar-refractivity contribution in [2.24, 2.45) is 5.73 Å². The number of anilines is 1. The average Bonchev–Trinajstić information content (AvgIpc) is 2.46. The number of hydrogen-bond donors (Lipinski definition) is 2. The van der Waals surface area contributed by atoms with E-state index in [4.69, 9.17) is 10.5 Å². The van der Waals surface area contributed by atoms with E-state index in [1.165, 1.54) is 6.07 Å². The smallest absolute Gasteiger partial charge is 0.338 e. The number of esters is 1. The summed E-state index contributed by atoms with van der Waals surface area (Å²) in [6.45, 7) is 2.19. The second-order valence-electron chi connectivity index (χ2n) is 4.63.